The Balaban J connectivity index is 2.64. The summed E-state index contributed by atoms with van der Waals surface area (Å²) in [5.74, 6) is -1.54. The van der Waals surface area contributed by atoms with E-state index in [0.717, 1.165) is 12.1 Å². The fraction of sp³-hybridized carbons (Fsp3) is 0.111. The van der Waals surface area contributed by atoms with E-state index in [1.54, 1.807) is 7.05 Å². The van der Waals surface area contributed by atoms with Gasteiger partial charge < -0.3 is 5.73 Å². The first-order valence-electron chi connectivity index (χ1n) is 4.18. The van der Waals surface area contributed by atoms with E-state index in [0.29, 0.717) is 11.4 Å². The second-order valence-corrected chi connectivity index (χ2v) is 3.06. The van der Waals surface area contributed by atoms with Gasteiger partial charge in [-0.25, -0.2) is 18.4 Å². The fourth-order valence-electron chi connectivity index (χ4n) is 1.30. The number of benzene rings is 1. The van der Waals surface area contributed by atoms with Gasteiger partial charge in [-0.1, -0.05) is 0 Å². The van der Waals surface area contributed by atoms with Crippen LogP contribution in [0.1, 0.15) is 0 Å². The van der Waals surface area contributed by atoms with Crippen molar-refractivity contribution in [2.75, 3.05) is 5.73 Å². The van der Waals surface area contributed by atoms with Crippen LogP contribution in [0.2, 0.25) is 0 Å². The first kappa shape index (κ1) is 9.57. The van der Waals surface area contributed by atoms with E-state index in [1.165, 1.54) is 11.0 Å². The van der Waals surface area contributed by atoms with Crippen molar-refractivity contribution in [2.45, 2.75) is 0 Å². The lowest BCUT2D eigenvalue weighted by molar-refractivity contribution is 0.509. The molecule has 6 heteroatoms. The lowest BCUT2D eigenvalue weighted by atomic mass is 10.1. The maximum atomic E-state index is 13.0. The Hall–Kier alpha value is -1.98. The highest BCUT2D eigenvalue weighted by atomic mass is 19.2. The molecule has 0 saturated carbocycles. The highest BCUT2D eigenvalue weighted by Crippen LogP contribution is 2.25. The van der Waals surface area contributed by atoms with Gasteiger partial charge in [0.15, 0.2) is 17.5 Å². The van der Waals surface area contributed by atoms with Gasteiger partial charge in [0.2, 0.25) is 0 Å². The molecule has 0 aliphatic carbocycles. The molecule has 0 atom stereocenters. The van der Waals surface area contributed by atoms with Crippen LogP contribution in [-0.2, 0) is 7.05 Å². The predicted octanol–water partition coefficient (Wildman–Crippen LogP) is 1.34. The molecule has 2 N–H and O–H groups in total. The van der Waals surface area contributed by atoms with Gasteiger partial charge in [-0.05, 0) is 6.07 Å². The van der Waals surface area contributed by atoms with Crippen LogP contribution in [0, 0.1) is 11.6 Å². The van der Waals surface area contributed by atoms with Crippen LogP contribution < -0.4 is 5.73 Å². The Morgan fingerprint density at radius 2 is 1.93 bits per heavy atom. The van der Waals surface area contributed by atoms with E-state index in [4.69, 9.17) is 5.73 Å². The molecule has 0 saturated heterocycles. The first-order chi connectivity index (χ1) is 7.09. The number of halogens is 2. The molecule has 78 valence electrons. The van der Waals surface area contributed by atoms with Crippen LogP contribution >= 0.6 is 0 Å². The standard InChI is InChI=1S/C9H8F2N4/c1-15-9(13-4-14-15)5-2-6(10)7(11)3-8(5)12/h2-4H,12H2,1H3. The van der Waals surface area contributed by atoms with Gasteiger partial charge in [-0.2, -0.15) is 5.10 Å². The summed E-state index contributed by atoms with van der Waals surface area (Å²) in [7, 11) is 1.64. The third kappa shape index (κ3) is 1.54. The number of nitrogens with two attached hydrogens (primary N) is 1. The van der Waals surface area contributed by atoms with Gasteiger partial charge >= 0.3 is 0 Å². The van der Waals surface area contributed by atoms with Crippen molar-refractivity contribution in [3.05, 3.63) is 30.1 Å². The Morgan fingerprint density at radius 1 is 1.27 bits per heavy atom. The summed E-state index contributed by atoms with van der Waals surface area (Å²) < 4.78 is 27.2. The number of aromatic nitrogens is 3. The molecule has 1 aromatic carbocycles. The molecule has 2 rings (SSSR count). The predicted molar refractivity (Wildman–Crippen MR) is 50.8 cm³/mol. The first-order valence-corrected chi connectivity index (χ1v) is 4.18. The molecule has 0 unspecified atom stereocenters. The molecule has 0 aliphatic rings. The molecule has 0 radical (unpaired) electrons. The maximum absolute atomic E-state index is 13.0. The van der Waals surface area contributed by atoms with Crippen LogP contribution in [0.25, 0.3) is 11.4 Å². The van der Waals surface area contributed by atoms with Crippen molar-refractivity contribution in [1.82, 2.24) is 14.8 Å². The molecule has 0 aliphatic heterocycles. The van der Waals surface area contributed by atoms with Gasteiger partial charge in [-0.3, -0.25) is 0 Å². The van der Waals surface area contributed by atoms with E-state index < -0.39 is 11.6 Å². The van der Waals surface area contributed by atoms with E-state index in [1.807, 2.05) is 0 Å². The molecule has 0 fully saturated rings. The summed E-state index contributed by atoms with van der Waals surface area (Å²) in [5, 5.41) is 3.82. The summed E-state index contributed by atoms with van der Waals surface area (Å²) in [5.41, 5.74) is 6.02. The average molecular weight is 210 g/mol. The minimum Gasteiger partial charge on any atom is -0.398 e. The van der Waals surface area contributed by atoms with Crippen molar-refractivity contribution < 1.29 is 8.78 Å². The molecule has 0 amide bonds. The van der Waals surface area contributed by atoms with Crippen molar-refractivity contribution >= 4 is 5.69 Å². The molecule has 1 heterocycles. The van der Waals surface area contributed by atoms with Gasteiger partial charge in [0.1, 0.15) is 6.33 Å². The number of rotatable bonds is 1. The topological polar surface area (TPSA) is 56.7 Å². The summed E-state index contributed by atoms with van der Waals surface area (Å²) >= 11 is 0. The largest absolute Gasteiger partial charge is 0.398 e. The van der Waals surface area contributed by atoms with Gasteiger partial charge in [-0.15, -0.1) is 0 Å². The Bertz CT molecular complexity index is 507. The molecule has 15 heavy (non-hydrogen) atoms. The SMILES string of the molecule is Cn1ncnc1-c1cc(F)c(F)cc1N. The average Bonchev–Trinajstić information content (AvgIpc) is 2.58. The third-order valence-corrected chi connectivity index (χ3v) is 2.04. The van der Waals surface area contributed by atoms with E-state index in [-0.39, 0.29) is 5.69 Å². The maximum Gasteiger partial charge on any atom is 0.160 e. The molecular formula is C9H8F2N4. The molecule has 2 aromatic rings. The van der Waals surface area contributed by atoms with Gasteiger partial charge in [0, 0.05) is 24.4 Å². The number of hydrogen-bond acceptors (Lipinski definition) is 3. The highest BCUT2D eigenvalue weighted by Gasteiger charge is 2.12. The van der Waals surface area contributed by atoms with Crippen LogP contribution in [-0.4, -0.2) is 14.8 Å². The third-order valence-electron chi connectivity index (χ3n) is 2.04. The zero-order chi connectivity index (χ0) is 11.0. The summed E-state index contributed by atoms with van der Waals surface area (Å²) in [6.07, 6.45) is 1.32. The summed E-state index contributed by atoms with van der Waals surface area (Å²) in [4.78, 5) is 3.90. The smallest absolute Gasteiger partial charge is 0.160 e. The lowest BCUT2D eigenvalue weighted by Crippen LogP contribution is -2.00. The highest BCUT2D eigenvalue weighted by molar-refractivity contribution is 5.71. The monoisotopic (exact) mass is 210 g/mol. The van der Waals surface area contributed by atoms with Crippen LogP contribution in [0.15, 0.2) is 18.5 Å². The Kier molecular flexibility index (Phi) is 2.11. The second kappa shape index (κ2) is 3.30. The number of anilines is 1. The van der Waals surface area contributed by atoms with Crippen molar-refractivity contribution in [1.29, 1.82) is 0 Å². The fourth-order valence-corrected chi connectivity index (χ4v) is 1.30. The molecule has 1 aromatic heterocycles. The van der Waals surface area contributed by atoms with Gasteiger partial charge in [0.05, 0.1) is 0 Å². The Morgan fingerprint density at radius 3 is 2.53 bits per heavy atom. The van der Waals surface area contributed by atoms with E-state index >= 15 is 0 Å². The lowest BCUT2D eigenvalue weighted by Gasteiger charge is -2.05. The van der Waals surface area contributed by atoms with Crippen molar-refractivity contribution in [2.24, 2.45) is 7.05 Å². The summed E-state index contributed by atoms with van der Waals surface area (Å²) in [6.45, 7) is 0. The minimum absolute atomic E-state index is 0.130. The van der Waals surface area contributed by atoms with Crippen LogP contribution in [0.5, 0.6) is 0 Å². The molecule has 0 spiro atoms. The minimum atomic E-state index is -0.974. The number of aryl methyl sites for hydroxylation is 1. The number of nitrogens with zero attached hydrogens (tertiary/aromatic N) is 3. The van der Waals surface area contributed by atoms with Crippen molar-refractivity contribution in [3.8, 4) is 11.4 Å². The zero-order valence-electron chi connectivity index (χ0n) is 7.91. The van der Waals surface area contributed by atoms with Gasteiger partial charge in [0.25, 0.3) is 0 Å². The van der Waals surface area contributed by atoms with E-state index in [2.05, 4.69) is 10.1 Å². The number of nitrogen functional groups attached to an aromatic ring is 1. The Labute approximate surface area is 84.4 Å². The molecule has 0 bridgehead atoms. The molecule has 4 nitrogen and oxygen atoms in total. The van der Waals surface area contributed by atoms with Crippen LogP contribution in [0.3, 0.4) is 0 Å². The second-order valence-electron chi connectivity index (χ2n) is 3.06. The zero-order valence-corrected chi connectivity index (χ0v) is 7.91. The van der Waals surface area contributed by atoms with Crippen LogP contribution in [0.4, 0.5) is 14.5 Å². The summed E-state index contributed by atoms with van der Waals surface area (Å²) in [6, 6.07) is 1.94. The van der Waals surface area contributed by atoms with Crippen molar-refractivity contribution in [3.63, 3.8) is 0 Å². The quantitative estimate of drug-likeness (QED) is 0.722. The molecular weight excluding hydrogens is 202 g/mol. The number of hydrogen-bond donors (Lipinski definition) is 1. The normalized spacial score (nSPS) is 10.6. The van der Waals surface area contributed by atoms with E-state index in [9.17, 15) is 8.78 Å².